The Morgan fingerprint density at radius 3 is 2.71 bits per heavy atom. The molecule has 1 rings (SSSR count). The van der Waals surface area contributed by atoms with Crippen LogP contribution in [0.25, 0.3) is 0 Å². The summed E-state index contributed by atoms with van der Waals surface area (Å²) in [6.45, 7) is 12.5. The van der Waals surface area contributed by atoms with Crippen LogP contribution in [0.5, 0.6) is 0 Å². The second-order valence-electron chi connectivity index (χ2n) is 6.16. The lowest BCUT2D eigenvalue weighted by Gasteiger charge is -2.37. The Hall–Kier alpha value is -0.160. The van der Waals surface area contributed by atoms with Gasteiger partial charge in [0.1, 0.15) is 0 Å². The molecule has 1 heterocycles. The van der Waals surface area contributed by atoms with Crippen molar-refractivity contribution in [1.82, 2.24) is 5.32 Å². The number of ether oxygens (including phenoxy) is 2. The highest BCUT2D eigenvalue weighted by atomic mass is 16.6. The molecular weight excluding hydrogens is 218 g/mol. The molecule has 2 atom stereocenters. The highest BCUT2D eigenvalue weighted by molar-refractivity contribution is 4.82. The number of hydrogen-bond acceptors (Lipinski definition) is 4. The van der Waals surface area contributed by atoms with Crippen LogP contribution in [0.15, 0.2) is 0 Å². The lowest BCUT2D eigenvalue weighted by atomic mass is 9.94. The van der Waals surface area contributed by atoms with Gasteiger partial charge in [0.05, 0.1) is 30.5 Å². The van der Waals surface area contributed by atoms with Crippen LogP contribution in [0.3, 0.4) is 0 Å². The maximum Gasteiger partial charge on any atom is 0.0940 e. The zero-order valence-corrected chi connectivity index (χ0v) is 11.7. The molecular formula is C13H27NO3. The molecule has 0 saturated carbocycles. The lowest BCUT2D eigenvalue weighted by Crippen LogP contribution is -2.52. The monoisotopic (exact) mass is 245 g/mol. The zero-order valence-electron chi connectivity index (χ0n) is 11.7. The molecule has 4 heteroatoms. The van der Waals surface area contributed by atoms with Crippen LogP contribution in [0.4, 0.5) is 0 Å². The quantitative estimate of drug-likeness (QED) is 0.763. The fraction of sp³-hybridized carbons (Fsp3) is 1.00. The Balaban J connectivity index is 2.27. The first-order valence-electron chi connectivity index (χ1n) is 6.41. The summed E-state index contributed by atoms with van der Waals surface area (Å²) in [5.41, 5.74) is -0.898. The fourth-order valence-corrected chi connectivity index (χ4v) is 1.73. The molecule has 4 nitrogen and oxygen atoms in total. The van der Waals surface area contributed by atoms with Crippen LogP contribution in [-0.4, -0.2) is 48.7 Å². The van der Waals surface area contributed by atoms with Gasteiger partial charge in [-0.2, -0.15) is 0 Å². The number of aliphatic hydroxyl groups is 1. The van der Waals surface area contributed by atoms with Crippen molar-refractivity contribution in [3.63, 3.8) is 0 Å². The molecule has 0 radical (unpaired) electrons. The predicted molar refractivity (Wildman–Crippen MR) is 68.1 cm³/mol. The minimum absolute atomic E-state index is 0.0710. The van der Waals surface area contributed by atoms with Gasteiger partial charge in [0.15, 0.2) is 0 Å². The van der Waals surface area contributed by atoms with Gasteiger partial charge in [-0.25, -0.2) is 0 Å². The minimum atomic E-state index is -0.766. The van der Waals surface area contributed by atoms with Crippen molar-refractivity contribution >= 4 is 0 Å². The SMILES string of the molecule is CC(C)C(C)(O)COCC1CNCC(C)(C)O1. The summed E-state index contributed by atoms with van der Waals surface area (Å²) in [4.78, 5) is 0. The molecule has 0 aromatic heterocycles. The second-order valence-corrected chi connectivity index (χ2v) is 6.16. The lowest BCUT2D eigenvalue weighted by molar-refractivity contribution is -0.137. The van der Waals surface area contributed by atoms with Crippen LogP contribution >= 0.6 is 0 Å². The Labute approximate surface area is 105 Å². The van der Waals surface area contributed by atoms with E-state index in [0.29, 0.717) is 13.2 Å². The molecule has 17 heavy (non-hydrogen) atoms. The van der Waals surface area contributed by atoms with Crippen molar-refractivity contribution in [3.8, 4) is 0 Å². The maximum atomic E-state index is 10.0. The summed E-state index contributed by atoms with van der Waals surface area (Å²) in [7, 11) is 0. The van der Waals surface area contributed by atoms with Crippen LogP contribution < -0.4 is 5.32 Å². The first-order valence-corrected chi connectivity index (χ1v) is 6.41. The Morgan fingerprint density at radius 1 is 1.53 bits per heavy atom. The number of nitrogens with one attached hydrogen (secondary N) is 1. The normalized spacial score (nSPS) is 28.1. The van der Waals surface area contributed by atoms with E-state index in [9.17, 15) is 5.11 Å². The molecule has 1 saturated heterocycles. The van der Waals surface area contributed by atoms with Crippen molar-refractivity contribution in [3.05, 3.63) is 0 Å². The van der Waals surface area contributed by atoms with E-state index in [2.05, 4.69) is 19.2 Å². The van der Waals surface area contributed by atoms with E-state index in [-0.39, 0.29) is 17.6 Å². The van der Waals surface area contributed by atoms with Crippen molar-refractivity contribution in [1.29, 1.82) is 0 Å². The molecule has 0 spiro atoms. The van der Waals surface area contributed by atoms with E-state index >= 15 is 0 Å². The van der Waals surface area contributed by atoms with E-state index in [1.165, 1.54) is 0 Å². The smallest absolute Gasteiger partial charge is 0.0940 e. The van der Waals surface area contributed by atoms with Crippen LogP contribution in [-0.2, 0) is 9.47 Å². The third-order valence-electron chi connectivity index (χ3n) is 3.35. The van der Waals surface area contributed by atoms with Gasteiger partial charge >= 0.3 is 0 Å². The molecule has 1 aliphatic heterocycles. The van der Waals surface area contributed by atoms with Crippen LogP contribution in [0, 0.1) is 5.92 Å². The summed E-state index contributed by atoms with van der Waals surface area (Å²) >= 11 is 0. The largest absolute Gasteiger partial charge is 0.388 e. The molecule has 0 aliphatic carbocycles. The highest BCUT2D eigenvalue weighted by Crippen LogP contribution is 2.18. The average Bonchev–Trinajstić information content (AvgIpc) is 2.15. The number of morpholine rings is 1. The molecule has 2 unspecified atom stereocenters. The average molecular weight is 245 g/mol. The predicted octanol–water partition coefficient (Wildman–Crippen LogP) is 1.18. The van der Waals surface area contributed by atoms with Crippen LogP contribution in [0.1, 0.15) is 34.6 Å². The first-order chi connectivity index (χ1) is 7.73. The third kappa shape index (κ3) is 4.92. The molecule has 2 N–H and O–H groups in total. The van der Waals surface area contributed by atoms with Crippen molar-refractivity contribution in [2.24, 2.45) is 5.92 Å². The van der Waals surface area contributed by atoms with E-state index in [0.717, 1.165) is 13.1 Å². The van der Waals surface area contributed by atoms with Crippen molar-refractivity contribution in [2.45, 2.75) is 51.9 Å². The Bertz CT molecular complexity index is 239. The zero-order chi connectivity index (χ0) is 13.1. The first kappa shape index (κ1) is 14.9. The topological polar surface area (TPSA) is 50.7 Å². The van der Waals surface area contributed by atoms with E-state index in [4.69, 9.17) is 9.47 Å². The standard InChI is InChI=1S/C13H27NO3/c1-10(2)13(5,15)9-16-7-11-6-14-8-12(3,4)17-11/h10-11,14-15H,6-9H2,1-5H3. The highest BCUT2D eigenvalue weighted by Gasteiger charge is 2.30. The van der Waals surface area contributed by atoms with E-state index in [1.807, 2.05) is 20.8 Å². The second kappa shape index (κ2) is 5.65. The van der Waals surface area contributed by atoms with Gasteiger partial charge in [-0.05, 0) is 26.7 Å². The van der Waals surface area contributed by atoms with Crippen molar-refractivity contribution in [2.75, 3.05) is 26.3 Å². The van der Waals surface area contributed by atoms with Gasteiger partial charge in [0.2, 0.25) is 0 Å². The molecule has 0 aromatic carbocycles. The number of hydrogen-bond donors (Lipinski definition) is 2. The van der Waals surface area contributed by atoms with Gasteiger partial charge in [-0.15, -0.1) is 0 Å². The van der Waals surface area contributed by atoms with Gasteiger partial charge in [0.25, 0.3) is 0 Å². The summed E-state index contributed by atoms with van der Waals surface area (Å²) in [5.74, 6) is 0.185. The van der Waals surface area contributed by atoms with Crippen LogP contribution in [0.2, 0.25) is 0 Å². The molecule has 102 valence electrons. The summed E-state index contributed by atoms with van der Waals surface area (Å²) in [5, 5.41) is 13.4. The Kier molecular flexibility index (Phi) is 4.95. The molecule has 1 aliphatic rings. The van der Waals surface area contributed by atoms with Gasteiger partial charge in [-0.1, -0.05) is 13.8 Å². The van der Waals surface area contributed by atoms with Gasteiger partial charge in [-0.3, -0.25) is 0 Å². The number of rotatable bonds is 5. The summed E-state index contributed by atoms with van der Waals surface area (Å²) in [6.07, 6.45) is 0.0710. The fourth-order valence-electron chi connectivity index (χ4n) is 1.73. The Morgan fingerprint density at radius 2 is 2.18 bits per heavy atom. The molecule has 0 bridgehead atoms. The van der Waals surface area contributed by atoms with Gasteiger partial charge < -0.3 is 19.9 Å². The molecule has 0 amide bonds. The summed E-state index contributed by atoms with van der Waals surface area (Å²) in [6, 6.07) is 0. The molecule has 0 aromatic rings. The van der Waals surface area contributed by atoms with E-state index < -0.39 is 5.60 Å². The summed E-state index contributed by atoms with van der Waals surface area (Å²) < 4.78 is 11.5. The van der Waals surface area contributed by atoms with Gasteiger partial charge in [0, 0.05) is 13.1 Å². The van der Waals surface area contributed by atoms with E-state index in [1.54, 1.807) is 0 Å². The molecule has 1 fully saturated rings. The third-order valence-corrected chi connectivity index (χ3v) is 3.35. The minimum Gasteiger partial charge on any atom is -0.388 e. The maximum absolute atomic E-state index is 10.0. The van der Waals surface area contributed by atoms with Crippen molar-refractivity contribution < 1.29 is 14.6 Å².